The SMILES string of the molecule is COc1cnc(OC2CCCN(c3nnc(C(C)(C)C)s3)C2)nc1. The molecule has 1 aliphatic heterocycles. The van der Waals surface area contributed by atoms with Gasteiger partial charge in [-0.1, -0.05) is 32.1 Å². The van der Waals surface area contributed by atoms with Gasteiger partial charge in [0.05, 0.1) is 26.0 Å². The van der Waals surface area contributed by atoms with Crippen LogP contribution in [0, 0.1) is 0 Å². The van der Waals surface area contributed by atoms with Crippen molar-refractivity contribution in [1.82, 2.24) is 20.2 Å². The van der Waals surface area contributed by atoms with Crippen molar-refractivity contribution in [2.24, 2.45) is 0 Å². The quantitative estimate of drug-likeness (QED) is 0.840. The maximum Gasteiger partial charge on any atom is 0.316 e. The topological polar surface area (TPSA) is 73.3 Å². The summed E-state index contributed by atoms with van der Waals surface area (Å²) in [5, 5.41) is 10.7. The lowest BCUT2D eigenvalue weighted by molar-refractivity contribution is 0.164. The number of rotatable bonds is 4. The summed E-state index contributed by atoms with van der Waals surface area (Å²) < 4.78 is 11.0. The van der Waals surface area contributed by atoms with Crippen LogP contribution < -0.4 is 14.4 Å². The molecule has 3 heterocycles. The van der Waals surface area contributed by atoms with E-state index in [9.17, 15) is 0 Å². The van der Waals surface area contributed by atoms with Crippen molar-refractivity contribution in [2.45, 2.75) is 45.1 Å². The molecular weight excluding hydrogens is 326 g/mol. The molecular formula is C16H23N5O2S. The molecule has 0 aromatic carbocycles. The van der Waals surface area contributed by atoms with Crippen molar-refractivity contribution in [3.05, 3.63) is 17.4 Å². The highest BCUT2D eigenvalue weighted by Gasteiger charge is 2.26. The van der Waals surface area contributed by atoms with E-state index >= 15 is 0 Å². The van der Waals surface area contributed by atoms with Gasteiger partial charge in [-0.3, -0.25) is 0 Å². The van der Waals surface area contributed by atoms with Gasteiger partial charge in [-0.05, 0) is 12.8 Å². The molecule has 0 N–H and O–H groups in total. The fraction of sp³-hybridized carbons (Fsp3) is 0.625. The molecule has 1 unspecified atom stereocenters. The highest BCUT2D eigenvalue weighted by atomic mass is 32.1. The molecule has 0 aliphatic carbocycles. The molecule has 24 heavy (non-hydrogen) atoms. The van der Waals surface area contributed by atoms with Crippen LogP contribution >= 0.6 is 11.3 Å². The molecule has 130 valence electrons. The maximum absolute atomic E-state index is 5.92. The minimum atomic E-state index is 0.0263. The van der Waals surface area contributed by atoms with Crippen molar-refractivity contribution in [3.8, 4) is 11.8 Å². The van der Waals surface area contributed by atoms with Crippen molar-refractivity contribution in [2.75, 3.05) is 25.1 Å². The zero-order chi connectivity index (χ0) is 17.2. The second-order valence-corrected chi connectivity index (χ2v) is 7.83. The number of aromatic nitrogens is 4. The van der Waals surface area contributed by atoms with Gasteiger partial charge in [-0.15, -0.1) is 10.2 Å². The van der Waals surface area contributed by atoms with E-state index in [4.69, 9.17) is 9.47 Å². The molecule has 0 bridgehead atoms. The predicted octanol–water partition coefficient (Wildman–Crippen LogP) is 2.68. The molecule has 2 aromatic rings. The van der Waals surface area contributed by atoms with Gasteiger partial charge in [0.1, 0.15) is 11.1 Å². The number of anilines is 1. The summed E-state index contributed by atoms with van der Waals surface area (Å²) in [6.45, 7) is 8.21. The summed E-state index contributed by atoms with van der Waals surface area (Å²) in [5.41, 5.74) is 0.0263. The summed E-state index contributed by atoms with van der Waals surface area (Å²) in [6.07, 6.45) is 5.31. The summed E-state index contributed by atoms with van der Waals surface area (Å²) >= 11 is 1.66. The number of methoxy groups -OCH3 is 1. The zero-order valence-electron chi connectivity index (χ0n) is 14.5. The molecule has 1 atom stereocenters. The Kier molecular flexibility index (Phi) is 4.84. The first-order valence-corrected chi connectivity index (χ1v) is 8.89. The van der Waals surface area contributed by atoms with E-state index < -0.39 is 0 Å². The summed E-state index contributed by atoms with van der Waals surface area (Å²) in [6, 6.07) is 0.385. The summed E-state index contributed by atoms with van der Waals surface area (Å²) in [4.78, 5) is 10.6. The lowest BCUT2D eigenvalue weighted by Crippen LogP contribution is -2.41. The van der Waals surface area contributed by atoms with Crippen LogP contribution in [0.1, 0.15) is 38.6 Å². The summed E-state index contributed by atoms with van der Waals surface area (Å²) in [7, 11) is 1.59. The maximum atomic E-state index is 5.92. The number of ether oxygens (including phenoxy) is 2. The molecule has 8 heteroatoms. The number of hydrogen-bond acceptors (Lipinski definition) is 8. The number of hydrogen-bond donors (Lipinski definition) is 0. The van der Waals surface area contributed by atoms with E-state index in [-0.39, 0.29) is 11.5 Å². The van der Waals surface area contributed by atoms with Crippen LogP contribution in [-0.4, -0.2) is 46.5 Å². The van der Waals surface area contributed by atoms with Gasteiger partial charge in [0.15, 0.2) is 5.75 Å². The predicted molar refractivity (Wildman–Crippen MR) is 93.1 cm³/mol. The Hall–Kier alpha value is -1.96. The lowest BCUT2D eigenvalue weighted by Gasteiger charge is -2.31. The lowest BCUT2D eigenvalue weighted by atomic mass is 9.98. The average Bonchev–Trinajstić information content (AvgIpc) is 3.06. The highest BCUT2D eigenvalue weighted by molar-refractivity contribution is 7.15. The van der Waals surface area contributed by atoms with Crippen LogP contribution in [-0.2, 0) is 5.41 Å². The van der Waals surface area contributed by atoms with Crippen LogP contribution in [0.15, 0.2) is 12.4 Å². The van der Waals surface area contributed by atoms with Crippen LogP contribution in [0.2, 0.25) is 0 Å². The Morgan fingerprint density at radius 3 is 2.58 bits per heavy atom. The van der Waals surface area contributed by atoms with Crippen LogP contribution in [0.5, 0.6) is 11.8 Å². The Morgan fingerprint density at radius 2 is 1.96 bits per heavy atom. The smallest absolute Gasteiger partial charge is 0.316 e. The molecule has 1 saturated heterocycles. The van der Waals surface area contributed by atoms with Crippen molar-refractivity contribution in [1.29, 1.82) is 0 Å². The molecule has 0 amide bonds. The largest absolute Gasteiger partial charge is 0.494 e. The van der Waals surface area contributed by atoms with Gasteiger partial charge in [-0.2, -0.15) is 9.97 Å². The first kappa shape index (κ1) is 16.9. The Labute approximate surface area is 146 Å². The molecule has 0 spiro atoms. The second kappa shape index (κ2) is 6.88. The number of nitrogens with zero attached hydrogens (tertiary/aromatic N) is 5. The van der Waals surface area contributed by atoms with Crippen LogP contribution in [0.25, 0.3) is 0 Å². The molecule has 0 radical (unpaired) electrons. The first-order valence-electron chi connectivity index (χ1n) is 8.07. The van der Waals surface area contributed by atoms with Gasteiger partial charge < -0.3 is 14.4 Å². The van der Waals surface area contributed by atoms with Crippen LogP contribution in [0.4, 0.5) is 5.13 Å². The third-order valence-corrected chi connectivity index (χ3v) is 5.23. The highest BCUT2D eigenvalue weighted by Crippen LogP contribution is 2.31. The van der Waals surface area contributed by atoms with Crippen molar-refractivity contribution >= 4 is 16.5 Å². The van der Waals surface area contributed by atoms with E-state index in [1.165, 1.54) is 0 Å². The first-order chi connectivity index (χ1) is 11.5. The van der Waals surface area contributed by atoms with E-state index in [1.807, 2.05) is 0 Å². The van der Waals surface area contributed by atoms with Crippen molar-refractivity contribution in [3.63, 3.8) is 0 Å². The van der Waals surface area contributed by atoms with Gasteiger partial charge in [0.25, 0.3) is 0 Å². The average molecular weight is 349 g/mol. The molecule has 1 aliphatic rings. The molecule has 7 nitrogen and oxygen atoms in total. The zero-order valence-corrected chi connectivity index (χ0v) is 15.3. The Morgan fingerprint density at radius 1 is 1.21 bits per heavy atom. The normalized spacial score (nSPS) is 18.5. The third-order valence-electron chi connectivity index (χ3n) is 3.82. The molecule has 1 fully saturated rings. The Balaban J connectivity index is 1.64. The second-order valence-electron chi connectivity index (χ2n) is 6.87. The minimum absolute atomic E-state index is 0.0263. The number of piperidine rings is 1. The molecule has 0 saturated carbocycles. The van der Waals surface area contributed by atoms with Crippen molar-refractivity contribution < 1.29 is 9.47 Å². The van der Waals surface area contributed by atoms with Gasteiger partial charge in [-0.25, -0.2) is 0 Å². The van der Waals surface area contributed by atoms with Gasteiger partial charge in [0, 0.05) is 12.0 Å². The summed E-state index contributed by atoms with van der Waals surface area (Å²) in [5.74, 6) is 0.621. The minimum Gasteiger partial charge on any atom is -0.494 e. The fourth-order valence-corrected chi connectivity index (χ4v) is 3.41. The molecule has 3 rings (SSSR count). The molecule has 2 aromatic heterocycles. The van der Waals surface area contributed by atoms with E-state index in [1.54, 1.807) is 30.8 Å². The van der Waals surface area contributed by atoms with Gasteiger partial charge in [0.2, 0.25) is 5.13 Å². The van der Waals surface area contributed by atoms with Gasteiger partial charge >= 0.3 is 6.01 Å². The monoisotopic (exact) mass is 349 g/mol. The van der Waals surface area contributed by atoms with Crippen LogP contribution in [0.3, 0.4) is 0 Å². The fourth-order valence-electron chi connectivity index (χ4n) is 2.47. The van der Waals surface area contributed by atoms with E-state index in [0.29, 0.717) is 11.8 Å². The Bertz CT molecular complexity index is 668. The standard InChI is InChI=1S/C16H23N5O2S/c1-16(2,3)13-19-20-15(24-13)21-7-5-6-11(10-21)23-14-17-8-12(22-4)9-18-14/h8-9,11H,5-7,10H2,1-4H3. The third kappa shape index (κ3) is 3.92. The van der Waals surface area contributed by atoms with E-state index in [0.717, 1.165) is 36.1 Å². The van der Waals surface area contributed by atoms with E-state index in [2.05, 4.69) is 45.8 Å².